The van der Waals surface area contributed by atoms with Gasteiger partial charge in [-0.1, -0.05) is 71.6 Å². The number of rotatable bonds is 10. The molecule has 0 radical (unpaired) electrons. The van der Waals surface area contributed by atoms with Gasteiger partial charge in [-0.3, -0.25) is 19.5 Å². The van der Waals surface area contributed by atoms with Crippen molar-refractivity contribution in [3.8, 4) is 11.5 Å². The van der Waals surface area contributed by atoms with Crippen molar-refractivity contribution in [2.45, 2.75) is 22.7 Å². The summed E-state index contributed by atoms with van der Waals surface area (Å²) in [5.41, 5.74) is 2.57. The summed E-state index contributed by atoms with van der Waals surface area (Å²) in [6.45, 7) is 0.306. The lowest BCUT2D eigenvalue weighted by Gasteiger charge is -2.23. The number of pyridine rings is 1. The van der Waals surface area contributed by atoms with Crippen LogP contribution in [0.5, 0.6) is 11.5 Å². The number of aromatic nitrogens is 3. The molecule has 1 fully saturated rings. The van der Waals surface area contributed by atoms with Crippen LogP contribution in [0.15, 0.2) is 107 Å². The lowest BCUT2D eigenvalue weighted by Crippen LogP contribution is -2.29. The molecule has 0 spiro atoms. The first kappa shape index (κ1) is 30.0. The van der Waals surface area contributed by atoms with Gasteiger partial charge in [0, 0.05) is 23.7 Å². The maximum absolute atomic E-state index is 13.6. The number of anilines is 1. The lowest BCUT2D eigenvalue weighted by molar-refractivity contribution is -0.132. The average molecular weight is 641 g/mol. The summed E-state index contributed by atoms with van der Waals surface area (Å²) in [6.07, 6.45) is 2.97. The van der Waals surface area contributed by atoms with E-state index in [1.807, 2.05) is 30.3 Å². The number of halogens is 1. The molecule has 1 atom stereocenters. The molecule has 3 heterocycles. The van der Waals surface area contributed by atoms with Crippen molar-refractivity contribution < 1.29 is 28.6 Å². The maximum Gasteiger partial charge on any atom is 0.301 e. The van der Waals surface area contributed by atoms with Gasteiger partial charge in [0.25, 0.3) is 5.78 Å². The van der Waals surface area contributed by atoms with Crippen LogP contribution in [0.1, 0.15) is 28.3 Å². The second kappa shape index (κ2) is 13.3. The summed E-state index contributed by atoms with van der Waals surface area (Å²) in [5, 5.41) is 20.0. The third kappa shape index (κ3) is 6.42. The molecule has 1 saturated heterocycles. The van der Waals surface area contributed by atoms with Crippen molar-refractivity contribution in [2.24, 2.45) is 0 Å². The topological polar surface area (TPSA) is 115 Å². The number of thioether (sulfide) groups is 1. The standard InChI is InChI=1S/C33H25FN4O5S2/c1-42-26-17-23(9-12-25(26)43-18-20-5-3-2-4-6-20)28-27(29(39)22-13-15-35-16-14-22)30(40)31(41)38(28)32-36-37-33(45-32)44-19-21-7-10-24(34)11-8-21/h2-17,28,39H,18-19H2,1H3. The number of ketones is 1. The van der Waals surface area contributed by atoms with E-state index in [1.54, 1.807) is 42.5 Å². The fraction of sp³-hybridized carbons (Fsp3) is 0.121. The van der Waals surface area contributed by atoms with E-state index < -0.39 is 17.7 Å². The number of nitrogens with zero attached hydrogens (tertiary/aromatic N) is 4. The molecule has 1 N–H and O–H groups in total. The van der Waals surface area contributed by atoms with Crippen LogP contribution < -0.4 is 14.4 Å². The first-order chi connectivity index (χ1) is 21.9. The van der Waals surface area contributed by atoms with E-state index in [4.69, 9.17) is 9.47 Å². The smallest absolute Gasteiger partial charge is 0.301 e. The minimum atomic E-state index is -1.04. The third-order valence-corrected chi connectivity index (χ3v) is 9.14. The van der Waals surface area contributed by atoms with Gasteiger partial charge < -0.3 is 14.6 Å². The second-order valence-electron chi connectivity index (χ2n) is 9.86. The third-order valence-electron chi connectivity index (χ3n) is 7.02. The normalized spacial score (nSPS) is 15.8. The minimum absolute atomic E-state index is 0.109. The lowest BCUT2D eigenvalue weighted by atomic mass is 9.95. The highest BCUT2D eigenvalue weighted by molar-refractivity contribution is 8.00. The molecule has 1 amide bonds. The van der Waals surface area contributed by atoms with Crippen molar-refractivity contribution in [3.05, 3.63) is 131 Å². The van der Waals surface area contributed by atoms with Crippen LogP contribution in [0.4, 0.5) is 9.52 Å². The molecular weight excluding hydrogens is 616 g/mol. The highest BCUT2D eigenvalue weighted by Crippen LogP contribution is 2.45. The predicted molar refractivity (Wildman–Crippen MR) is 169 cm³/mol. The molecule has 0 bridgehead atoms. The van der Waals surface area contributed by atoms with Gasteiger partial charge in [-0.2, -0.15) is 0 Å². The molecule has 1 unspecified atom stereocenters. The van der Waals surface area contributed by atoms with Gasteiger partial charge in [0.1, 0.15) is 18.2 Å². The number of Topliss-reactive ketones (excluding diaryl/α,β-unsaturated/α-hetero) is 1. The summed E-state index contributed by atoms with van der Waals surface area (Å²) in [6, 6.07) is 23.0. The number of aliphatic hydroxyl groups is 1. The Bertz CT molecular complexity index is 1870. The molecule has 3 aromatic carbocycles. The second-order valence-corrected chi connectivity index (χ2v) is 12.0. The van der Waals surface area contributed by atoms with E-state index in [0.29, 0.717) is 39.3 Å². The summed E-state index contributed by atoms with van der Waals surface area (Å²) in [5.74, 6) is -1.05. The number of hydrogen-bond acceptors (Lipinski definition) is 10. The molecule has 226 valence electrons. The Morgan fingerprint density at radius 1 is 0.956 bits per heavy atom. The summed E-state index contributed by atoms with van der Waals surface area (Å²) < 4.78 is 25.5. The Morgan fingerprint density at radius 2 is 1.71 bits per heavy atom. The maximum atomic E-state index is 13.6. The number of hydrogen-bond donors (Lipinski definition) is 1. The van der Waals surface area contributed by atoms with Gasteiger partial charge in [-0.05, 0) is 53.1 Å². The number of aliphatic hydroxyl groups excluding tert-OH is 1. The fourth-order valence-corrected chi connectivity index (χ4v) is 6.63. The van der Waals surface area contributed by atoms with Gasteiger partial charge in [0.05, 0.1) is 18.7 Å². The SMILES string of the molecule is COc1cc(C2C(=C(O)c3ccncc3)C(=O)C(=O)N2c2nnc(SCc3ccc(F)cc3)s2)ccc1OCc1ccccc1. The van der Waals surface area contributed by atoms with Crippen molar-refractivity contribution in [3.63, 3.8) is 0 Å². The zero-order chi connectivity index (χ0) is 31.3. The first-order valence-electron chi connectivity index (χ1n) is 13.7. The summed E-state index contributed by atoms with van der Waals surface area (Å²) in [4.78, 5) is 32.4. The first-order valence-corrected chi connectivity index (χ1v) is 15.5. The van der Waals surface area contributed by atoms with E-state index >= 15 is 0 Å². The van der Waals surface area contributed by atoms with Gasteiger partial charge in [0.15, 0.2) is 15.8 Å². The van der Waals surface area contributed by atoms with E-state index in [1.165, 1.54) is 48.3 Å². The van der Waals surface area contributed by atoms with E-state index in [9.17, 15) is 19.1 Å². The summed E-state index contributed by atoms with van der Waals surface area (Å²) in [7, 11) is 1.50. The Labute approximate surface area is 266 Å². The number of ether oxygens (including phenoxy) is 2. The molecule has 5 aromatic rings. The fourth-order valence-electron chi connectivity index (χ4n) is 4.80. The van der Waals surface area contributed by atoms with Crippen molar-refractivity contribution >= 4 is 45.7 Å². The predicted octanol–water partition coefficient (Wildman–Crippen LogP) is 6.58. The number of carbonyl (C=O) groups excluding carboxylic acids is 2. The van der Waals surface area contributed by atoms with Crippen LogP contribution in [0, 0.1) is 5.82 Å². The molecule has 9 nitrogen and oxygen atoms in total. The number of methoxy groups -OCH3 is 1. The van der Waals surface area contributed by atoms with Gasteiger partial charge in [-0.15, -0.1) is 10.2 Å². The molecule has 0 saturated carbocycles. The van der Waals surface area contributed by atoms with Crippen molar-refractivity contribution in [1.82, 2.24) is 15.2 Å². The number of carbonyl (C=O) groups is 2. The Morgan fingerprint density at radius 3 is 2.44 bits per heavy atom. The largest absolute Gasteiger partial charge is 0.507 e. The molecular formula is C33H25FN4O5S2. The molecule has 6 rings (SSSR count). The number of amides is 1. The van der Waals surface area contributed by atoms with Gasteiger partial charge in [0.2, 0.25) is 5.13 Å². The van der Waals surface area contributed by atoms with Crippen LogP contribution in [0.3, 0.4) is 0 Å². The van der Waals surface area contributed by atoms with Crippen LogP contribution >= 0.6 is 23.1 Å². The van der Waals surface area contributed by atoms with Crippen molar-refractivity contribution in [2.75, 3.05) is 12.0 Å². The zero-order valence-electron chi connectivity index (χ0n) is 23.8. The van der Waals surface area contributed by atoms with E-state index in [0.717, 1.165) is 22.5 Å². The molecule has 0 aliphatic carbocycles. The highest BCUT2D eigenvalue weighted by Gasteiger charge is 2.48. The Kier molecular flexibility index (Phi) is 8.85. The molecule has 45 heavy (non-hydrogen) atoms. The van der Waals surface area contributed by atoms with Crippen LogP contribution in [0.25, 0.3) is 5.76 Å². The Balaban J connectivity index is 1.36. The molecule has 2 aromatic heterocycles. The molecule has 1 aliphatic rings. The summed E-state index contributed by atoms with van der Waals surface area (Å²) >= 11 is 2.50. The van der Waals surface area contributed by atoms with Crippen LogP contribution in [-0.2, 0) is 21.9 Å². The van der Waals surface area contributed by atoms with Gasteiger partial charge in [-0.25, -0.2) is 4.39 Å². The average Bonchev–Trinajstić information content (AvgIpc) is 3.65. The number of benzene rings is 3. The quantitative estimate of drug-likeness (QED) is 0.0595. The monoisotopic (exact) mass is 640 g/mol. The minimum Gasteiger partial charge on any atom is -0.507 e. The van der Waals surface area contributed by atoms with Crippen molar-refractivity contribution in [1.29, 1.82) is 0 Å². The molecule has 1 aliphatic heterocycles. The zero-order valence-corrected chi connectivity index (χ0v) is 25.4. The van der Waals surface area contributed by atoms with Crippen LogP contribution in [0.2, 0.25) is 0 Å². The van der Waals surface area contributed by atoms with Gasteiger partial charge >= 0.3 is 5.91 Å². The van der Waals surface area contributed by atoms with E-state index in [-0.39, 0.29) is 22.3 Å². The van der Waals surface area contributed by atoms with E-state index in [2.05, 4.69) is 15.2 Å². The highest BCUT2D eigenvalue weighted by atomic mass is 32.2. The van der Waals surface area contributed by atoms with Crippen LogP contribution in [-0.4, -0.2) is 39.1 Å². The molecule has 12 heteroatoms. The Hall–Kier alpha value is -5.07.